The van der Waals surface area contributed by atoms with Crippen molar-refractivity contribution >= 4 is 39.3 Å². The Morgan fingerprint density at radius 1 is 1.09 bits per heavy atom. The van der Waals surface area contributed by atoms with Crippen LogP contribution in [0.25, 0.3) is 10.2 Å². The van der Waals surface area contributed by atoms with Crippen LogP contribution in [0, 0.1) is 22.7 Å². The number of benzene rings is 1. The summed E-state index contributed by atoms with van der Waals surface area (Å²) in [6.45, 7) is 8.79. The van der Waals surface area contributed by atoms with Gasteiger partial charge in [0, 0.05) is 24.9 Å². The molecule has 44 heavy (non-hydrogen) atoms. The third-order valence-corrected chi connectivity index (χ3v) is 9.94. The number of aliphatic hydroxyl groups excluding tert-OH is 1. The lowest BCUT2D eigenvalue weighted by Crippen LogP contribution is -2.61. The van der Waals surface area contributed by atoms with Crippen LogP contribution in [-0.4, -0.2) is 68.5 Å². The van der Waals surface area contributed by atoms with Gasteiger partial charge in [-0.3, -0.25) is 19.4 Å². The lowest BCUT2D eigenvalue weighted by atomic mass is 9.85. The second-order valence-corrected chi connectivity index (χ2v) is 14.3. The molecule has 5 rings (SSSR count). The number of alkyl halides is 3. The minimum absolute atomic E-state index is 0.0513. The van der Waals surface area contributed by atoms with Crippen LogP contribution in [0.1, 0.15) is 51.4 Å². The van der Waals surface area contributed by atoms with E-state index in [2.05, 4.69) is 15.3 Å². The predicted molar refractivity (Wildman–Crippen MR) is 158 cm³/mol. The number of carbonyl (C=O) groups excluding carboxylic acids is 3. The Morgan fingerprint density at radius 2 is 1.77 bits per heavy atom. The summed E-state index contributed by atoms with van der Waals surface area (Å²) in [4.78, 5) is 50.1. The highest BCUT2D eigenvalue weighted by atomic mass is 32.1. The molecule has 1 saturated heterocycles. The Bertz CT molecular complexity index is 1520. The van der Waals surface area contributed by atoms with Crippen molar-refractivity contribution in [1.82, 2.24) is 25.5 Å². The third-order valence-electron chi connectivity index (χ3n) is 8.83. The van der Waals surface area contributed by atoms with Gasteiger partial charge in [-0.2, -0.15) is 13.2 Å². The van der Waals surface area contributed by atoms with Crippen molar-refractivity contribution in [2.24, 2.45) is 22.7 Å². The minimum atomic E-state index is -5.18. The summed E-state index contributed by atoms with van der Waals surface area (Å²) in [7, 11) is 0. The van der Waals surface area contributed by atoms with Crippen molar-refractivity contribution in [1.29, 1.82) is 0 Å². The molecule has 0 radical (unpaired) electrons. The highest BCUT2D eigenvalue weighted by Gasteiger charge is 2.70. The molecule has 1 saturated carbocycles. The third kappa shape index (κ3) is 6.16. The van der Waals surface area contributed by atoms with E-state index in [1.807, 2.05) is 43.4 Å². The fourth-order valence-electron chi connectivity index (χ4n) is 6.28. The zero-order valence-electron chi connectivity index (χ0n) is 25.1. The zero-order chi connectivity index (χ0) is 32.2. The Morgan fingerprint density at radius 3 is 2.39 bits per heavy atom. The number of amides is 3. The van der Waals surface area contributed by atoms with E-state index in [9.17, 15) is 32.7 Å². The summed E-state index contributed by atoms with van der Waals surface area (Å²) in [6, 6.07) is 9.33. The molecule has 236 valence electrons. The first-order valence-corrected chi connectivity index (χ1v) is 15.2. The molecule has 3 amide bonds. The maximum atomic E-state index is 14.1. The molecule has 1 unspecified atom stereocenters. The molecular weight excluding hydrogens is 595 g/mol. The van der Waals surface area contributed by atoms with E-state index < -0.39 is 53.5 Å². The molecule has 9 nitrogen and oxygen atoms in total. The molecule has 1 aromatic carbocycles. The molecule has 3 N–H and O–H groups in total. The van der Waals surface area contributed by atoms with Gasteiger partial charge in [-0.05, 0) is 46.9 Å². The number of hydrogen-bond donors (Lipinski definition) is 3. The number of nitrogens with zero attached hydrogens (tertiary/aromatic N) is 3. The van der Waals surface area contributed by atoms with Gasteiger partial charge in [-0.15, -0.1) is 11.3 Å². The number of likely N-dealkylation sites (tertiary alicyclic amines) is 1. The first-order chi connectivity index (χ1) is 20.5. The van der Waals surface area contributed by atoms with Gasteiger partial charge in [-0.1, -0.05) is 52.8 Å². The van der Waals surface area contributed by atoms with E-state index in [1.54, 1.807) is 45.2 Å². The molecule has 3 heterocycles. The molecule has 1 aliphatic heterocycles. The number of para-hydroxylation sites is 1. The van der Waals surface area contributed by atoms with Crippen molar-refractivity contribution in [2.45, 2.75) is 71.4 Å². The summed E-state index contributed by atoms with van der Waals surface area (Å²) in [5, 5.41) is 16.7. The van der Waals surface area contributed by atoms with Crippen LogP contribution >= 0.6 is 11.3 Å². The SMILES string of the molecule is CC(C)(C)[C@H](NC(=O)C(F)(F)F)C(=O)N1C[C@H]2[C@@H]([C@H]1C(=O)N[C@@H](Cc1ccccn1)C(O)c1nc3ccccc3s1)C2(C)C. The van der Waals surface area contributed by atoms with Gasteiger partial charge >= 0.3 is 12.1 Å². The molecule has 0 bridgehead atoms. The number of aromatic nitrogens is 2. The number of rotatable bonds is 8. The first kappa shape index (κ1) is 31.8. The summed E-state index contributed by atoms with van der Waals surface area (Å²) in [5.41, 5.74) is -0.0393. The standard InChI is InChI=1S/C31H36F3N5O4S/c1-29(2,3)24(38-28(43)31(32,33)34)27(42)39-15-17-21(30(17,4)5)22(39)25(41)36-19(14-16-10-8-9-13-35-16)23(40)26-37-18-11-6-7-12-20(18)44-26/h6-13,17,19,21-24,40H,14-15H2,1-5H3,(H,36,41)(H,38,43)/t17-,19-,21-,22-,23?,24+/m0/s1. The zero-order valence-corrected chi connectivity index (χ0v) is 25.9. The molecule has 1 aliphatic carbocycles. The quantitative estimate of drug-likeness (QED) is 0.345. The number of piperidine rings is 1. The van der Waals surface area contributed by atoms with E-state index in [1.165, 1.54) is 16.2 Å². The van der Waals surface area contributed by atoms with Crippen LogP contribution in [0.2, 0.25) is 0 Å². The van der Waals surface area contributed by atoms with Crippen molar-refractivity contribution < 1.29 is 32.7 Å². The smallest absolute Gasteiger partial charge is 0.384 e. The summed E-state index contributed by atoms with van der Waals surface area (Å²) in [5.74, 6) is -3.81. The molecule has 13 heteroatoms. The number of fused-ring (bicyclic) bond motifs is 2. The molecule has 2 fully saturated rings. The number of thiazole rings is 1. The van der Waals surface area contributed by atoms with Crippen LogP contribution in [0.3, 0.4) is 0 Å². The average Bonchev–Trinajstić information content (AvgIpc) is 3.32. The van der Waals surface area contributed by atoms with Crippen molar-refractivity contribution in [3.8, 4) is 0 Å². The Kier molecular flexibility index (Phi) is 8.25. The number of hydrogen-bond acceptors (Lipinski definition) is 7. The van der Waals surface area contributed by atoms with Crippen molar-refractivity contribution in [3.05, 3.63) is 59.4 Å². The summed E-state index contributed by atoms with van der Waals surface area (Å²) >= 11 is 1.30. The fraction of sp³-hybridized carbons (Fsp3) is 0.516. The van der Waals surface area contributed by atoms with Gasteiger partial charge in [0.2, 0.25) is 11.8 Å². The van der Waals surface area contributed by atoms with Gasteiger partial charge in [0.1, 0.15) is 23.2 Å². The lowest BCUT2D eigenvalue weighted by molar-refractivity contribution is -0.176. The highest BCUT2D eigenvalue weighted by Crippen LogP contribution is 2.65. The van der Waals surface area contributed by atoms with E-state index in [0.29, 0.717) is 16.2 Å². The number of nitrogens with one attached hydrogen (secondary N) is 2. The van der Waals surface area contributed by atoms with Gasteiger partial charge in [-0.25, -0.2) is 4.98 Å². The topological polar surface area (TPSA) is 125 Å². The van der Waals surface area contributed by atoms with Crippen LogP contribution < -0.4 is 10.6 Å². The van der Waals surface area contributed by atoms with Gasteiger partial charge in [0.15, 0.2) is 0 Å². The average molecular weight is 632 g/mol. The number of carbonyl (C=O) groups is 3. The lowest BCUT2D eigenvalue weighted by Gasteiger charge is -2.38. The molecular formula is C31H36F3N5O4S. The second-order valence-electron chi connectivity index (χ2n) is 13.3. The largest absolute Gasteiger partial charge is 0.471 e. The minimum Gasteiger partial charge on any atom is -0.384 e. The van der Waals surface area contributed by atoms with Gasteiger partial charge in [0.25, 0.3) is 0 Å². The summed E-state index contributed by atoms with van der Waals surface area (Å²) in [6.07, 6.45) is -4.62. The van der Waals surface area contributed by atoms with E-state index in [4.69, 9.17) is 0 Å². The van der Waals surface area contributed by atoms with Crippen LogP contribution in [0.4, 0.5) is 13.2 Å². The Balaban J connectivity index is 1.44. The maximum Gasteiger partial charge on any atom is 0.471 e. The summed E-state index contributed by atoms with van der Waals surface area (Å²) < 4.78 is 40.4. The molecule has 2 aliphatic rings. The van der Waals surface area contributed by atoms with Crippen LogP contribution in [-0.2, 0) is 20.8 Å². The number of halogens is 3. The number of aliphatic hydroxyl groups is 1. The first-order valence-electron chi connectivity index (χ1n) is 14.4. The molecule has 6 atom stereocenters. The van der Waals surface area contributed by atoms with Crippen LogP contribution in [0.5, 0.6) is 0 Å². The molecule has 0 spiro atoms. The Hall–Kier alpha value is -3.58. The van der Waals surface area contributed by atoms with Gasteiger partial charge in [0.05, 0.1) is 16.3 Å². The molecule has 2 aromatic heterocycles. The Labute approximate surface area is 257 Å². The maximum absolute atomic E-state index is 14.1. The fourth-order valence-corrected chi connectivity index (χ4v) is 7.30. The van der Waals surface area contributed by atoms with Crippen molar-refractivity contribution in [3.63, 3.8) is 0 Å². The predicted octanol–water partition coefficient (Wildman–Crippen LogP) is 4.03. The molecule has 3 aromatic rings. The van der Waals surface area contributed by atoms with Gasteiger partial charge < -0.3 is 20.6 Å². The van der Waals surface area contributed by atoms with Crippen LogP contribution in [0.15, 0.2) is 48.7 Å². The van der Waals surface area contributed by atoms with Crippen molar-refractivity contribution in [2.75, 3.05) is 6.54 Å². The highest BCUT2D eigenvalue weighted by molar-refractivity contribution is 7.18. The second kappa shape index (κ2) is 11.4. The monoisotopic (exact) mass is 631 g/mol. The van der Waals surface area contributed by atoms with E-state index in [-0.39, 0.29) is 30.2 Å². The van der Waals surface area contributed by atoms with E-state index in [0.717, 1.165) is 4.70 Å². The number of pyridine rings is 1. The normalized spacial score (nSPS) is 23.0. The van der Waals surface area contributed by atoms with E-state index >= 15 is 0 Å².